The minimum atomic E-state index is -0.846. The average Bonchev–Trinajstić information content (AvgIpc) is 2.69. The molecule has 2 nitrogen and oxygen atoms in total. The monoisotopic (exact) mass is 364 g/mol. The van der Waals surface area contributed by atoms with Crippen molar-refractivity contribution in [2.45, 2.75) is 71.1 Å². The predicted octanol–water partition coefficient (Wildman–Crippen LogP) is 7.08. The highest BCUT2D eigenvalue weighted by atomic mass is 16.4. The van der Waals surface area contributed by atoms with Gasteiger partial charge in [-0.3, -0.25) is 0 Å². The Labute approximate surface area is 163 Å². The van der Waals surface area contributed by atoms with Gasteiger partial charge in [0.25, 0.3) is 0 Å². The summed E-state index contributed by atoms with van der Waals surface area (Å²) in [7, 11) is 0. The van der Waals surface area contributed by atoms with Crippen molar-refractivity contribution in [3.8, 4) is 11.1 Å². The van der Waals surface area contributed by atoms with Crippen molar-refractivity contribution in [3.63, 3.8) is 0 Å². The Morgan fingerprint density at radius 2 is 1.67 bits per heavy atom. The van der Waals surface area contributed by atoms with E-state index in [9.17, 15) is 9.90 Å². The van der Waals surface area contributed by atoms with Crippen LogP contribution in [0, 0.1) is 5.92 Å². The number of carboxylic acid groups (broad SMARTS) is 1. The second kappa shape index (κ2) is 9.21. The molecule has 0 heterocycles. The van der Waals surface area contributed by atoms with Crippen LogP contribution in [0.5, 0.6) is 0 Å². The number of aromatic carboxylic acids is 1. The van der Waals surface area contributed by atoms with E-state index < -0.39 is 5.97 Å². The van der Waals surface area contributed by atoms with E-state index >= 15 is 0 Å². The summed E-state index contributed by atoms with van der Waals surface area (Å²) in [5.41, 5.74) is 4.89. The Kier molecular flexibility index (Phi) is 6.71. The van der Waals surface area contributed by atoms with Gasteiger partial charge in [-0.25, -0.2) is 4.79 Å². The van der Waals surface area contributed by atoms with Gasteiger partial charge in [0.15, 0.2) is 0 Å². The molecule has 2 aromatic carbocycles. The summed E-state index contributed by atoms with van der Waals surface area (Å²) in [4.78, 5) is 11.8. The Hall–Kier alpha value is -2.09. The molecule has 0 amide bonds. The topological polar surface area (TPSA) is 37.3 Å². The van der Waals surface area contributed by atoms with Gasteiger partial charge in [-0.1, -0.05) is 69.5 Å². The fourth-order valence-electron chi connectivity index (χ4n) is 4.57. The van der Waals surface area contributed by atoms with E-state index in [2.05, 4.69) is 44.2 Å². The third-order valence-corrected chi connectivity index (χ3v) is 6.09. The maximum absolute atomic E-state index is 11.8. The number of hydrogen-bond donors (Lipinski definition) is 1. The van der Waals surface area contributed by atoms with Crippen molar-refractivity contribution in [2.24, 2.45) is 5.92 Å². The van der Waals surface area contributed by atoms with Crippen LogP contribution in [-0.2, 0) is 6.42 Å². The van der Waals surface area contributed by atoms with E-state index in [1.54, 1.807) is 0 Å². The molecular weight excluding hydrogens is 332 g/mol. The average molecular weight is 365 g/mol. The summed E-state index contributed by atoms with van der Waals surface area (Å²) >= 11 is 0. The van der Waals surface area contributed by atoms with Crippen molar-refractivity contribution in [3.05, 3.63) is 59.2 Å². The number of hydrogen-bond acceptors (Lipinski definition) is 1. The van der Waals surface area contributed by atoms with E-state index in [4.69, 9.17) is 0 Å². The molecule has 0 aliphatic heterocycles. The third-order valence-electron chi connectivity index (χ3n) is 6.09. The van der Waals surface area contributed by atoms with Gasteiger partial charge < -0.3 is 5.11 Å². The van der Waals surface area contributed by atoms with Gasteiger partial charge in [0.05, 0.1) is 5.56 Å². The summed E-state index contributed by atoms with van der Waals surface area (Å²) in [6, 6.07) is 14.4. The van der Waals surface area contributed by atoms with E-state index in [0.717, 1.165) is 29.9 Å². The zero-order valence-electron chi connectivity index (χ0n) is 16.7. The van der Waals surface area contributed by atoms with Crippen molar-refractivity contribution in [1.82, 2.24) is 0 Å². The Morgan fingerprint density at radius 1 is 0.963 bits per heavy atom. The van der Waals surface area contributed by atoms with Gasteiger partial charge >= 0.3 is 5.97 Å². The zero-order chi connectivity index (χ0) is 19.2. The van der Waals surface area contributed by atoms with Crippen LogP contribution in [0.15, 0.2) is 42.5 Å². The molecule has 0 unspecified atom stereocenters. The smallest absolute Gasteiger partial charge is 0.336 e. The molecule has 1 N–H and O–H groups in total. The lowest BCUT2D eigenvalue weighted by molar-refractivity contribution is 0.0697. The highest BCUT2D eigenvalue weighted by Crippen LogP contribution is 2.39. The summed E-state index contributed by atoms with van der Waals surface area (Å²) < 4.78 is 0. The standard InChI is InChI=1S/C25H32O2/c1-3-5-18-7-11-20(12-8-18)22-15-16-23(25(26)27)24(17-22)21-13-9-19(6-4-2)10-14-21/h9-10,13-18,20H,3-8,11-12H2,1-2H3,(H,26,27). The molecule has 0 spiro atoms. The number of carboxylic acids is 1. The van der Waals surface area contributed by atoms with Crippen LogP contribution in [0.3, 0.4) is 0 Å². The van der Waals surface area contributed by atoms with Gasteiger partial charge in [-0.05, 0) is 72.3 Å². The van der Waals surface area contributed by atoms with E-state index in [1.807, 2.05) is 12.1 Å². The predicted molar refractivity (Wildman–Crippen MR) is 112 cm³/mol. The minimum absolute atomic E-state index is 0.404. The highest BCUT2D eigenvalue weighted by Gasteiger charge is 2.23. The third kappa shape index (κ3) is 4.80. The molecule has 1 saturated carbocycles. The van der Waals surface area contributed by atoms with Gasteiger partial charge in [0.1, 0.15) is 0 Å². The quantitative estimate of drug-likeness (QED) is 0.570. The molecule has 0 atom stereocenters. The van der Waals surface area contributed by atoms with Crippen LogP contribution >= 0.6 is 0 Å². The molecule has 0 radical (unpaired) electrons. The van der Waals surface area contributed by atoms with E-state index in [1.165, 1.54) is 49.7 Å². The number of rotatable bonds is 7. The Morgan fingerprint density at radius 3 is 2.26 bits per heavy atom. The van der Waals surface area contributed by atoms with Gasteiger partial charge in [-0.15, -0.1) is 0 Å². The van der Waals surface area contributed by atoms with Gasteiger partial charge in [-0.2, -0.15) is 0 Å². The molecular formula is C25H32O2. The molecule has 3 rings (SSSR count). The summed E-state index contributed by atoms with van der Waals surface area (Å²) in [6.45, 7) is 4.45. The molecule has 1 aliphatic rings. The molecule has 0 saturated heterocycles. The summed E-state index contributed by atoms with van der Waals surface area (Å²) in [5, 5.41) is 9.66. The second-order valence-corrected chi connectivity index (χ2v) is 8.06. The number of aryl methyl sites for hydroxylation is 1. The number of benzene rings is 2. The zero-order valence-corrected chi connectivity index (χ0v) is 16.7. The normalized spacial score (nSPS) is 19.8. The maximum Gasteiger partial charge on any atom is 0.336 e. The Bertz CT molecular complexity index is 752. The lowest BCUT2D eigenvalue weighted by Gasteiger charge is -2.29. The van der Waals surface area contributed by atoms with Crippen LogP contribution in [0.1, 0.15) is 86.2 Å². The molecule has 2 aromatic rings. The summed E-state index contributed by atoms with van der Waals surface area (Å²) in [5.74, 6) is 0.607. The first-order valence-electron chi connectivity index (χ1n) is 10.6. The fourth-order valence-corrected chi connectivity index (χ4v) is 4.57. The molecule has 0 aromatic heterocycles. The van der Waals surface area contributed by atoms with Crippen LogP contribution in [-0.4, -0.2) is 11.1 Å². The molecule has 144 valence electrons. The largest absolute Gasteiger partial charge is 0.478 e. The molecule has 1 aliphatic carbocycles. The fraction of sp³-hybridized carbons (Fsp3) is 0.480. The van der Waals surface area contributed by atoms with Crippen molar-refractivity contribution < 1.29 is 9.90 Å². The van der Waals surface area contributed by atoms with Crippen LogP contribution < -0.4 is 0 Å². The number of carbonyl (C=O) groups is 1. The maximum atomic E-state index is 11.8. The van der Waals surface area contributed by atoms with Crippen molar-refractivity contribution >= 4 is 5.97 Å². The van der Waals surface area contributed by atoms with E-state index in [0.29, 0.717) is 11.5 Å². The molecule has 27 heavy (non-hydrogen) atoms. The molecule has 0 bridgehead atoms. The first-order valence-corrected chi connectivity index (χ1v) is 10.6. The minimum Gasteiger partial charge on any atom is -0.478 e. The van der Waals surface area contributed by atoms with E-state index in [-0.39, 0.29) is 0 Å². The first-order chi connectivity index (χ1) is 13.1. The Balaban J connectivity index is 1.86. The lowest BCUT2D eigenvalue weighted by Crippen LogP contribution is -2.13. The van der Waals surface area contributed by atoms with Crippen LogP contribution in [0.4, 0.5) is 0 Å². The lowest BCUT2D eigenvalue weighted by atomic mass is 9.76. The summed E-state index contributed by atoms with van der Waals surface area (Å²) in [6.07, 6.45) is 9.88. The highest BCUT2D eigenvalue weighted by molar-refractivity contribution is 5.96. The molecule has 2 heteroatoms. The first kappa shape index (κ1) is 19.7. The van der Waals surface area contributed by atoms with Gasteiger partial charge in [0.2, 0.25) is 0 Å². The molecule has 1 fully saturated rings. The van der Waals surface area contributed by atoms with Gasteiger partial charge in [0, 0.05) is 0 Å². The van der Waals surface area contributed by atoms with Crippen molar-refractivity contribution in [1.29, 1.82) is 0 Å². The van der Waals surface area contributed by atoms with Crippen molar-refractivity contribution in [2.75, 3.05) is 0 Å². The van der Waals surface area contributed by atoms with Crippen LogP contribution in [0.2, 0.25) is 0 Å². The van der Waals surface area contributed by atoms with Crippen LogP contribution in [0.25, 0.3) is 11.1 Å². The second-order valence-electron chi connectivity index (χ2n) is 8.06. The SMILES string of the molecule is CCCc1ccc(-c2cc(C3CCC(CCC)CC3)ccc2C(=O)O)cc1.